The quantitative estimate of drug-likeness (QED) is 0.637. The first-order valence-corrected chi connectivity index (χ1v) is 3.70. The van der Waals surface area contributed by atoms with Gasteiger partial charge < -0.3 is 9.47 Å². The molecule has 0 N–H and O–H groups in total. The van der Waals surface area contributed by atoms with Crippen molar-refractivity contribution < 1.29 is 9.47 Å². The number of fused-ring (bicyclic) bond motifs is 1. The molecule has 0 saturated carbocycles. The van der Waals surface area contributed by atoms with Crippen molar-refractivity contribution in [1.82, 2.24) is 0 Å². The topological polar surface area (TPSA) is 42.2 Å². The minimum absolute atomic E-state index is 0. The summed E-state index contributed by atoms with van der Waals surface area (Å²) in [7, 11) is 0. The second-order valence-corrected chi connectivity index (χ2v) is 2.44. The average molecular weight is 198 g/mol. The molecule has 0 fully saturated rings. The molecular weight excluding hydrogens is 190 g/mol. The van der Waals surface area contributed by atoms with E-state index < -0.39 is 0 Å². The van der Waals surface area contributed by atoms with Gasteiger partial charge in [0.1, 0.15) is 19.3 Å². The van der Waals surface area contributed by atoms with Crippen LogP contribution in [-0.2, 0) is 0 Å². The van der Waals surface area contributed by atoms with Crippen LogP contribution >= 0.6 is 12.4 Å². The smallest absolute Gasteiger partial charge is 0.179 e. The summed E-state index contributed by atoms with van der Waals surface area (Å²) in [6.07, 6.45) is 0. The molecule has 2 rings (SSSR count). The molecule has 0 radical (unpaired) electrons. The highest BCUT2D eigenvalue weighted by Gasteiger charge is 2.14. The second kappa shape index (κ2) is 4.01. The van der Waals surface area contributed by atoms with Crippen molar-refractivity contribution in [3.8, 4) is 17.6 Å². The maximum Gasteiger partial charge on any atom is 0.179 e. The van der Waals surface area contributed by atoms with Crippen molar-refractivity contribution in [1.29, 1.82) is 5.26 Å². The highest BCUT2D eigenvalue weighted by molar-refractivity contribution is 5.85. The molecule has 0 spiro atoms. The van der Waals surface area contributed by atoms with E-state index in [-0.39, 0.29) is 12.4 Å². The molecule has 1 aromatic rings. The zero-order valence-corrected chi connectivity index (χ0v) is 7.63. The van der Waals surface area contributed by atoms with Crippen molar-refractivity contribution in [3.05, 3.63) is 23.8 Å². The van der Waals surface area contributed by atoms with Crippen LogP contribution in [0, 0.1) is 11.3 Å². The zero-order chi connectivity index (χ0) is 8.39. The maximum absolute atomic E-state index is 8.71. The fourth-order valence-corrected chi connectivity index (χ4v) is 1.16. The minimum Gasteiger partial charge on any atom is -0.486 e. The lowest BCUT2D eigenvalue weighted by Gasteiger charge is -2.18. The third-order valence-electron chi connectivity index (χ3n) is 1.69. The van der Waals surface area contributed by atoms with Crippen LogP contribution in [0.1, 0.15) is 5.56 Å². The van der Waals surface area contributed by atoms with E-state index in [1.807, 2.05) is 0 Å². The van der Waals surface area contributed by atoms with Crippen LogP contribution in [0.25, 0.3) is 0 Å². The highest BCUT2D eigenvalue weighted by atomic mass is 35.5. The summed E-state index contributed by atoms with van der Waals surface area (Å²) in [6, 6.07) is 7.35. The second-order valence-electron chi connectivity index (χ2n) is 2.44. The Morgan fingerprint density at radius 3 is 2.77 bits per heavy atom. The lowest BCUT2D eigenvalue weighted by atomic mass is 10.2. The monoisotopic (exact) mass is 197 g/mol. The molecule has 0 bridgehead atoms. The fraction of sp³-hybridized carbons (Fsp3) is 0.222. The Balaban J connectivity index is 0.000000845. The molecule has 0 saturated heterocycles. The number of ether oxygens (including phenoxy) is 2. The Hall–Kier alpha value is -1.40. The van der Waals surface area contributed by atoms with Gasteiger partial charge in [-0.3, -0.25) is 0 Å². The van der Waals surface area contributed by atoms with Crippen molar-refractivity contribution >= 4 is 12.4 Å². The number of para-hydroxylation sites is 1. The number of rotatable bonds is 0. The van der Waals surface area contributed by atoms with E-state index in [0.717, 1.165) is 0 Å². The van der Waals surface area contributed by atoms with Crippen LogP contribution < -0.4 is 9.47 Å². The number of benzene rings is 1. The molecule has 1 aliphatic rings. The van der Waals surface area contributed by atoms with E-state index in [1.165, 1.54) is 0 Å². The Morgan fingerprint density at radius 2 is 2.00 bits per heavy atom. The number of nitriles is 1. The third-order valence-corrected chi connectivity index (χ3v) is 1.69. The Morgan fingerprint density at radius 1 is 1.23 bits per heavy atom. The van der Waals surface area contributed by atoms with E-state index in [1.54, 1.807) is 18.2 Å². The Labute approximate surface area is 82.3 Å². The summed E-state index contributed by atoms with van der Waals surface area (Å²) in [4.78, 5) is 0. The summed E-state index contributed by atoms with van der Waals surface area (Å²) in [6.45, 7) is 1.08. The molecule has 0 amide bonds. The fourth-order valence-electron chi connectivity index (χ4n) is 1.16. The first-order chi connectivity index (χ1) is 5.92. The SMILES string of the molecule is Cl.N#Cc1cccc2c1OCCO2. The largest absolute Gasteiger partial charge is 0.486 e. The predicted octanol–water partition coefficient (Wildman–Crippen LogP) is 1.75. The third kappa shape index (κ3) is 1.68. The lowest BCUT2D eigenvalue weighted by molar-refractivity contribution is 0.171. The van der Waals surface area contributed by atoms with E-state index >= 15 is 0 Å². The normalized spacial score (nSPS) is 12.5. The van der Waals surface area contributed by atoms with Crippen molar-refractivity contribution in [3.63, 3.8) is 0 Å². The molecule has 0 atom stereocenters. The van der Waals surface area contributed by atoms with Crippen LogP contribution in [-0.4, -0.2) is 13.2 Å². The molecule has 0 unspecified atom stereocenters. The maximum atomic E-state index is 8.71. The summed E-state index contributed by atoms with van der Waals surface area (Å²) in [5.41, 5.74) is 0.534. The van der Waals surface area contributed by atoms with Crippen LogP contribution in [0.15, 0.2) is 18.2 Å². The Bertz CT molecular complexity index is 346. The number of hydrogen-bond acceptors (Lipinski definition) is 3. The molecule has 0 aliphatic carbocycles. The van der Waals surface area contributed by atoms with Gasteiger partial charge in [-0.25, -0.2) is 0 Å². The molecule has 68 valence electrons. The molecule has 1 aliphatic heterocycles. The van der Waals surface area contributed by atoms with Crippen LogP contribution in [0.2, 0.25) is 0 Å². The first kappa shape index (κ1) is 9.69. The predicted molar refractivity (Wildman–Crippen MR) is 49.4 cm³/mol. The van der Waals surface area contributed by atoms with Gasteiger partial charge in [-0.15, -0.1) is 12.4 Å². The van der Waals surface area contributed by atoms with E-state index in [2.05, 4.69) is 6.07 Å². The standard InChI is InChI=1S/C9H7NO2.ClH/c10-6-7-2-1-3-8-9(7)12-5-4-11-8;/h1-3H,4-5H2;1H. The first-order valence-electron chi connectivity index (χ1n) is 3.70. The number of halogens is 1. The van der Waals surface area contributed by atoms with E-state index in [9.17, 15) is 0 Å². The molecule has 4 heteroatoms. The molecular formula is C9H8ClNO2. The molecule has 0 aromatic heterocycles. The molecule has 13 heavy (non-hydrogen) atoms. The van der Waals surface area contributed by atoms with Crippen molar-refractivity contribution in [2.45, 2.75) is 0 Å². The summed E-state index contributed by atoms with van der Waals surface area (Å²) >= 11 is 0. The Kier molecular flexibility index (Phi) is 2.99. The van der Waals surface area contributed by atoms with Crippen LogP contribution in [0.3, 0.4) is 0 Å². The van der Waals surface area contributed by atoms with Crippen molar-refractivity contribution in [2.24, 2.45) is 0 Å². The van der Waals surface area contributed by atoms with Gasteiger partial charge in [0.2, 0.25) is 0 Å². The van der Waals surface area contributed by atoms with Gasteiger partial charge in [-0.1, -0.05) is 6.07 Å². The van der Waals surface area contributed by atoms with Crippen LogP contribution in [0.4, 0.5) is 0 Å². The van der Waals surface area contributed by atoms with Gasteiger partial charge in [0.05, 0.1) is 5.56 Å². The van der Waals surface area contributed by atoms with Gasteiger partial charge in [0.15, 0.2) is 11.5 Å². The van der Waals surface area contributed by atoms with Gasteiger partial charge in [-0.2, -0.15) is 5.26 Å². The van der Waals surface area contributed by atoms with E-state index in [4.69, 9.17) is 14.7 Å². The van der Waals surface area contributed by atoms with Crippen LogP contribution in [0.5, 0.6) is 11.5 Å². The lowest BCUT2D eigenvalue weighted by Crippen LogP contribution is -2.15. The highest BCUT2D eigenvalue weighted by Crippen LogP contribution is 2.32. The van der Waals surface area contributed by atoms with Gasteiger partial charge in [-0.05, 0) is 12.1 Å². The van der Waals surface area contributed by atoms with Gasteiger partial charge >= 0.3 is 0 Å². The summed E-state index contributed by atoms with van der Waals surface area (Å²) in [5, 5.41) is 8.71. The van der Waals surface area contributed by atoms with Crippen molar-refractivity contribution in [2.75, 3.05) is 13.2 Å². The van der Waals surface area contributed by atoms with E-state index in [0.29, 0.717) is 30.3 Å². The molecule has 1 heterocycles. The zero-order valence-electron chi connectivity index (χ0n) is 6.82. The summed E-state index contributed by atoms with van der Waals surface area (Å²) < 4.78 is 10.6. The number of nitrogens with zero attached hydrogens (tertiary/aromatic N) is 1. The minimum atomic E-state index is 0. The van der Waals surface area contributed by atoms with Gasteiger partial charge in [0.25, 0.3) is 0 Å². The van der Waals surface area contributed by atoms with Gasteiger partial charge in [0, 0.05) is 0 Å². The summed E-state index contributed by atoms with van der Waals surface area (Å²) in [5.74, 6) is 1.24. The molecule has 1 aromatic carbocycles. The number of hydrogen-bond donors (Lipinski definition) is 0. The average Bonchev–Trinajstić information content (AvgIpc) is 2.17. The molecule has 3 nitrogen and oxygen atoms in total.